The van der Waals surface area contributed by atoms with Gasteiger partial charge in [0.25, 0.3) is 5.92 Å². The van der Waals surface area contributed by atoms with Crippen LogP contribution < -0.4 is 0 Å². The van der Waals surface area contributed by atoms with Crippen LogP contribution in [0.2, 0.25) is 0 Å². The summed E-state index contributed by atoms with van der Waals surface area (Å²) in [4.78, 5) is 1.95. The fraction of sp³-hybridized carbons (Fsp3) is 0.667. The Kier molecular flexibility index (Phi) is 5.56. The third kappa shape index (κ3) is 5.03. The van der Waals surface area contributed by atoms with Gasteiger partial charge in [-0.25, -0.2) is 8.78 Å². The number of hydrogen-bond acceptors (Lipinski definition) is 2. The van der Waals surface area contributed by atoms with Gasteiger partial charge in [0.05, 0.1) is 13.2 Å². The molecule has 0 N–H and O–H groups in total. The molecule has 1 saturated heterocycles. The summed E-state index contributed by atoms with van der Waals surface area (Å²) in [5, 5.41) is 0. The van der Waals surface area contributed by atoms with Crippen molar-refractivity contribution >= 4 is 0 Å². The van der Waals surface area contributed by atoms with Crippen molar-refractivity contribution in [2.24, 2.45) is 0 Å². The first-order valence-electron chi connectivity index (χ1n) is 8.04. The van der Waals surface area contributed by atoms with Gasteiger partial charge in [0, 0.05) is 24.6 Å². The Morgan fingerprint density at radius 1 is 1.23 bits per heavy atom. The highest BCUT2D eigenvalue weighted by Crippen LogP contribution is 2.38. The molecule has 1 fully saturated rings. The number of alkyl halides is 2. The number of hydrogen-bond donors (Lipinski definition) is 0. The van der Waals surface area contributed by atoms with Crippen molar-refractivity contribution in [1.82, 2.24) is 4.90 Å². The first-order chi connectivity index (χ1) is 10.3. The summed E-state index contributed by atoms with van der Waals surface area (Å²) >= 11 is 0. The maximum Gasteiger partial charge on any atom is 0.262 e. The van der Waals surface area contributed by atoms with Crippen molar-refractivity contribution in [2.75, 3.05) is 13.2 Å². The van der Waals surface area contributed by atoms with Gasteiger partial charge in [0.1, 0.15) is 0 Å². The molecule has 22 heavy (non-hydrogen) atoms. The maximum absolute atomic E-state index is 13.7. The minimum Gasteiger partial charge on any atom is -0.377 e. The highest BCUT2D eigenvalue weighted by molar-refractivity contribution is 5.13. The lowest BCUT2D eigenvalue weighted by molar-refractivity contribution is 0.00128. The Bertz CT molecular complexity index is 456. The predicted octanol–water partition coefficient (Wildman–Crippen LogP) is 4.49. The molecule has 0 aromatic heterocycles. The Morgan fingerprint density at radius 3 is 2.55 bits per heavy atom. The normalized spacial score (nSPS) is 22.1. The topological polar surface area (TPSA) is 12.5 Å². The Hall–Kier alpha value is -1.00. The van der Waals surface area contributed by atoms with Gasteiger partial charge in [-0.1, -0.05) is 30.3 Å². The lowest BCUT2D eigenvalue weighted by Gasteiger charge is -2.36. The molecular formula is C18H27F2NO. The summed E-state index contributed by atoms with van der Waals surface area (Å²) in [6.07, 6.45) is 1.56. The lowest BCUT2D eigenvalue weighted by atomic mass is 10.0. The monoisotopic (exact) mass is 311 g/mol. The molecule has 0 aliphatic carbocycles. The maximum atomic E-state index is 13.7. The molecule has 1 aliphatic heterocycles. The first-order valence-corrected chi connectivity index (χ1v) is 8.04. The van der Waals surface area contributed by atoms with Crippen LogP contribution in [0.1, 0.15) is 45.6 Å². The quantitative estimate of drug-likeness (QED) is 0.718. The number of rotatable bonds is 6. The molecule has 2 nitrogen and oxygen atoms in total. The van der Waals surface area contributed by atoms with Gasteiger partial charge in [-0.2, -0.15) is 0 Å². The molecule has 0 saturated carbocycles. The van der Waals surface area contributed by atoms with Crippen LogP contribution in [0.4, 0.5) is 8.78 Å². The average molecular weight is 311 g/mol. The highest BCUT2D eigenvalue weighted by Gasteiger charge is 2.47. The molecule has 124 valence electrons. The molecule has 1 aliphatic rings. The van der Waals surface area contributed by atoms with Crippen LogP contribution in [0.3, 0.4) is 0 Å². The molecule has 1 heterocycles. The number of likely N-dealkylation sites (tertiary alicyclic amines) is 1. The van der Waals surface area contributed by atoms with Crippen LogP contribution in [0.5, 0.6) is 0 Å². The van der Waals surface area contributed by atoms with Gasteiger partial charge >= 0.3 is 0 Å². The van der Waals surface area contributed by atoms with Crippen LogP contribution in [0.25, 0.3) is 0 Å². The molecule has 4 heteroatoms. The number of halogens is 2. The molecular weight excluding hydrogens is 284 g/mol. The van der Waals surface area contributed by atoms with Gasteiger partial charge in [-0.05, 0) is 39.2 Å². The third-order valence-electron chi connectivity index (χ3n) is 4.18. The lowest BCUT2D eigenvalue weighted by Crippen LogP contribution is -2.45. The molecule has 2 rings (SSSR count). The number of nitrogens with zero attached hydrogens (tertiary/aromatic N) is 1. The molecule has 1 unspecified atom stereocenters. The smallest absolute Gasteiger partial charge is 0.262 e. The van der Waals surface area contributed by atoms with Gasteiger partial charge in [-0.15, -0.1) is 0 Å². The summed E-state index contributed by atoms with van der Waals surface area (Å²) < 4.78 is 33.0. The van der Waals surface area contributed by atoms with E-state index < -0.39 is 5.92 Å². The van der Waals surface area contributed by atoms with E-state index in [1.54, 1.807) is 0 Å². The fourth-order valence-electron chi connectivity index (χ4n) is 3.13. The average Bonchev–Trinajstić information content (AvgIpc) is 2.75. The molecule has 1 atom stereocenters. The van der Waals surface area contributed by atoms with Crippen molar-refractivity contribution in [3.8, 4) is 0 Å². The SMILES string of the molecule is CC(C)(C)N1CC(F)(F)CC1CCCOCc1ccccc1. The molecule has 0 amide bonds. The zero-order chi connectivity index (χ0) is 16.2. The number of ether oxygens (including phenoxy) is 1. The van der Waals surface area contributed by atoms with E-state index in [1.165, 1.54) is 0 Å². The minimum atomic E-state index is -2.55. The van der Waals surface area contributed by atoms with Crippen LogP contribution >= 0.6 is 0 Å². The zero-order valence-electron chi connectivity index (χ0n) is 13.8. The fourth-order valence-corrected chi connectivity index (χ4v) is 3.13. The van der Waals surface area contributed by atoms with E-state index in [2.05, 4.69) is 0 Å². The van der Waals surface area contributed by atoms with Gasteiger partial charge in [0.15, 0.2) is 0 Å². The largest absolute Gasteiger partial charge is 0.377 e. The Labute approximate surface area is 132 Å². The molecule has 1 aromatic carbocycles. The van der Waals surface area contributed by atoms with E-state index in [-0.39, 0.29) is 24.5 Å². The summed E-state index contributed by atoms with van der Waals surface area (Å²) in [6.45, 7) is 7.11. The van der Waals surface area contributed by atoms with Gasteiger partial charge in [-0.3, -0.25) is 4.90 Å². The summed E-state index contributed by atoms with van der Waals surface area (Å²) in [5.74, 6) is -2.55. The van der Waals surface area contributed by atoms with Crippen LogP contribution in [0, 0.1) is 0 Å². The van der Waals surface area contributed by atoms with Crippen LogP contribution in [0.15, 0.2) is 30.3 Å². The molecule has 0 bridgehead atoms. The second-order valence-electron chi connectivity index (χ2n) is 7.19. The minimum absolute atomic E-state index is 0.0248. The second kappa shape index (κ2) is 7.05. The van der Waals surface area contributed by atoms with Gasteiger partial charge in [0.2, 0.25) is 0 Å². The summed E-state index contributed by atoms with van der Waals surface area (Å²) in [7, 11) is 0. The molecule has 1 aromatic rings. The highest BCUT2D eigenvalue weighted by atomic mass is 19.3. The molecule has 0 spiro atoms. The van der Waals surface area contributed by atoms with Crippen molar-refractivity contribution < 1.29 is 13.5 Å². The van der Waals surface area contributed by atoms with E-state index >= 15 is 0 Å². The molecule has 0 radical (unpaired) electrons. The van der Waals surface area contributed by atoms with Crippen LogP contribution in [-0.2, 0) is 11.3 Å². The second-order valence-corrected chi connectivity index (χ2v) is 7.19. The van der Waals surface area contributed by atoms with E-state index in [0.717, 1.165) is 18.4 Å². The van der Waals surface area contributed by atoms with Gasteiger partial charge < -0.3 is 4.74 Å². The third-order valence-corrected chi connectivity index (χ3v) is 4.18. The van der Waals surface area contributed by atoms with E-state index in [4.69, 9.17) is 4.74 Å². The summed E-state index contributed by atoms with van der Waals surface area (Å²) in [5.41, 5.74) is 0.932. The van der Waals surface area contributed by atoms with E-state index in [9.17, 15) is 8.78 Å². The van der Waals surface area contributed by atoms with E-state index in [0.29, 0.717) is 13.2 Å². The predicted molar refractivity (Wildman–Crippen MR) is 85.1 cm³/mol. The van der Waals surface area contributed by atoms with E-state index in [1.807, 2.05) is 56.0 Å². The van der Waals surface area contributed by atoms with Crippen LogP contribution in [-0.4, -0.2) is 35.6 Å². The van der Waals surface area contributed by atoms with Crippen molar-refractivity contribution in [3.05, 3.63) is 35.9 Å². The van der Waals surface area contributed by atoms with Crippen molar-refractivity contribution in [2.45, 2.75) is 64.1 Å². The van der Waals surface area contributed by atoms with Crippen molar-refractivity contribution in [1.29, 1.82) is 0 Å². The first kappa shape index (κ1) is 17.4. The zero-order valence-corrected chi connectivity index (χ0v) is 13.8. The standard InChI is InChI=1S/C18H27F2NO/c1-17(2,3)21-14-18(19,20)12-16(21)10-7-11-22-13-15-8-5-4-6-9-15/h4-6,8-9,16H,7,10-14H2,1-3H3. The Balaban J connectivity index is 1.73. The summed E-state index contributed by atoms with van der Waals surface area (Å²) in [6, 6.07) is 9.96. The number of benzene rings is 1. The van der Waals surface area contributed by atoms with Crippen molar-refractivity contribution in [3.63, 3.8) is 0 Å². The Morgan fingerprint density at radius 2 is 1.91 bits per heavy atom.